The van der Waals surface area contributed by atoms with Gasteiger partial charge < -0.3 is 0 Å². The van der Waals surface area contributed by atoms with Crippen LogP contribution in [-0.2, 0) is 11.0 Å². The molecule has 1 unspecified atom stereocenters. The maximum absolute atomic E-state index is 13.0. The van der Waals surface area contributed by atoms with Crippen molar-refractivity contribution in [1.82, 2.24) is 0 Å². The van der Waals surface area contributed by atoms with E-state index >= 15 is 0 Å². The zero-order valence-corrected chi connectivity index (χ0v) is 15.1. The number of rotatable bonds is 3. The second-order valence-electron chi connectivity index (χ2n) is 6.90. The lowest BCUT2D eigenvalue weighted by atomic mass is 10.0. The maximum Gasteiger partial charge on any atom is 0.416 e. The Morgan fingerprint density at radius 3 is 1.89 bits per heavy atom. The number of hydrogen-bond acceptors (Lipinski definition) is 2. The quantitative estimate of drug-likeness (QED) is 0.707. The molecule has 1 fully saturated rings. The molecule has 3 rings (SSSR count). The highest BCUT2D eigenvalue weighted by Gasteiger charge is 2.48. The van der Waals surface area contributed by atoms with E-state index in [4.69, 9.17) is 0 Å². The summed E-state index contributed by atoms with van der Waals surface area (Å²) < 4.78 is 38.4. The molecule has 0 aliphatic carbocycles. The summed E-state index contributed by atoms with van der Waals surface area (Å²) in [5, 5.41) is 0. The van der Waals surface area contributed by atoms with Gasteiger partial charge >= 0.3 is 12.2 Å². The molecule has 1 saturated heterocycles. The highest BCUT2D eigenvalue weighted by molar-refractivity contribution is 6.28. The second-order valence-corrected chi connectivity index (χ2v) is 6.90. The molecule has 0 aromatic heterocycles. The molecule has 2 aromatic carbocycles. The lowest BCUT2D eigenvalue weighted by molar-refractivity contribution is -0.137. The van der Waals surface area contributed by atoms with E-state index in [9.17, 15) is 22.8 Å². The van der Waals surface area contributed by atoms with E-state index in [-0.39, 0.29) is 11.6 Å². The van der Waals surface area contributed by atoms with Gasteiger partial charge in [0, 0.05) is 5.69 Å². The van der Waals surface area contributed by atoms with Crippen molar-refractivity contribution >= 4 is 23.3 Å². The number of aryl methyl sites for hydroxylation is 1. The summed E-state index contributed by atoms with van der Waals surface area (Å²) in [4.78, 5) is 28.3. The second kappa shape index (κ2) is 6.72. The van der Waals surface area contributed by atoms with Crippen molar-refractivity contribution in [3.05, 3.63) is 59.7 Å². The van der Waals surface area contributed by atoms with Gasteiger partial charge in [-0.3, -0.25) is 9.69 Å². The molecule has 0 spiro atoms. The van der Waals surface area contributed by atoms with Crippen LogP contribution < -0.4 is 9.80 Å². The molecule has 1 aliphatic rings. The Hall–Kier alpha value is -2.83. The normalized spacial score (nSPS) is 18.0. The Kier molecular flexibility index (Phi) is 4.71. The molecule has 27 heavy (non-hydrogen) atoms. The summed E-state index contributed by atoms with van der Waals surface area (Å²) in [7, 11) is 0. The number of benzene rings is 2. The summed E-state index contributed by atoms with van der Waals surface area (Å²) in [5.41, 5.74) is 0.879. The third-order valence-corrected chi connectivity index (χ3v) is 4.55. The molecule has 0 saturated carbocycles. The average Bonchev–Trinajstić information content (AvgIpc) is 2.86. The summed E-state index contributed by atoms with van der Waals surface area (Å²) >= 11 is 0. The number of carbonyl (C=O) groups excluding carboxylic acids is 2. The van der Waals surface area contributed by atoms with Crippen LogP contribution in [0.1, 0.15) is 25.0 Å². The van der Waals surface area contributed by atoms with Crippen molar-refractivity contribution in [1.29, 1.82) is 0 Å². The van der Waals surface area contributed by atoms with E-state index < -0.39 is 29.7 Å². The number of urea groups is 1. The molecule has 1 atom stereocenters. The Morgan fingerprint density at radius 1 is 0.889 bits per heavy atom. The molecular formula is C20H19F3N2O2. The number of nitrogens with zero attached hydrogens (tertiary/aromatic N) is 2. The maximum atomic E-state index is 13.0. The van der Waals surface area contributed by atoms with Crippen molar-refractivity contribution in [2.24, 2.45) is 5.92 Å². The zero-order valence-electron chi connectivity index (χ0n) is 15.1. The molecule has 0 bridgehead atoms. The van der Waals surface area contributed by atoms with Gasteiger partial charge in [-0.05, 0) is 49.2 Å². The highest BCUT2D eigenvalue weighted by Crippen LogP contribution is 2.35. The first kappa shape index (κ1) is 18.9. The Bertz CT molecular complexity index is 858. The van der Waals surface area contributed by atoms with Crippen LogP contribution in [0.4, 0.5) is 29.3 Å². The van der Waals surface area contributed by atoms with Gasteiger partial charge in [-0.25, -0.2) is 9.69 Å². The third kappa shape index (κ3) is 3.41. The molecular weight excluding hydrogens is 357 g/mol. The molecule has 142 valence electrons. The van der Waals surface area contributed by atoms with Crippen LogP contribution in [0.25, 0.3) is 0 Å². The highest BCUT2D eigenvalue weighted by atomic mass is 19.4. The fourth-order valence-corrected chi connectivity index (χ4v) is 3.16. The first-order valence-corrected chi connectivity index (χ1v) is 8.52. The fraction of sp³-hybridized carbons (Fsp3) is 0.300. The van der Waals surface area contributed by atoms with Gasteiger partial charge in [0.05, 0.1) is 11.3 Å². The monoisotopic (exact) mass is 376 g/mol. The minimum Gasteiger partial charge on any atom is -0.281 e. The van der Waals surface area contributed by atoms with Crippen molar-refractivity contribution < 1.29 is 22.8 Å². The van der Waals surface area contributed by atoms with E-state index in [1.165, 1.54) is 17.0 Å². The molecule has 0 radical (unpaired) electrons. The fourth-order valence-electron chi connectivity index (χ4n) is 3.16. The third-order valence-electron chi connectivity index (χ3n) is 4.55. The summed E-state index contributed by atoms with van der Waals surface area (Å²) in [6.45, 7) is 5.49. The molecule has 7 heteroatoms. The average molecular weight is 376 g/mol. The Balaban J connectivity index is 2.02. The van der Waals surface area contributed by atoms with Gasteiger partial charge in [-0.2, -0.15) is 13.2 Å². The van der Waals surface area contributed by atoms with Crippen LogP contribution >= 0.6 is 0 Å². The number of alkyl halides is 3. The van der Waals surface area contributed by atoms with Gasteiger partial charge in [0.2, 0.25) is 0 Å². The van der Waals surface area contributed by atoms with E-state index in [2.05, 4.69) is 0 Å². The minimum absolute atomic E-state index is 0.209. The SMILES string of the molecule is Cc1ccc(N2C(=O)C(C(C)C)N(c3ccc(C(F)(F)F)cc3)C2=O)cc1. The van der Waals surface area contributed by atoms with Gasteiger partial charge in [0.15, 0.2) is 0 Å². The number of halogens is 3. The van der Waals surface area contributed by atoms with E-state index in [1.807, 2.05) is 6.92 Å². The van der Waals surface area contributed by atoms with Gasteiger partial charge in [-0.1, -0.05) is 31.5 Å². The topological polar surface area (TPSA) is 40.6 Å². The summed E-state index contributed by atoms with van der Waals surface area (Å²) in [5.74, 6) is -0.599. The van der Waals surface area contributed by atoms with Crippen LogP contribution in [-0.4, -0.2) is 18.0 Å². The van der Waals surface area contributed by atoms with Crippen LogP contribution in [0.15, 0.2) is 48.5 Å². The Morgan fingerprint density at radius 2 is 1.41 bits per heavy atom. The van der Waals surface area contributed by atoms with Crippen molar-refractivity contribution in [2.45, 2.75) is 33.0 Å². The lowest BCUT2D eigenvalue weighted by Crippen LogP contribution is -2.39. The van der Waals surface area contributed by atoms with E-state index in [1.54, 1.807) is 38.1 Å². The van der Waals surface area contributed by atoms with Crippen molar-refractivity contribution in [3.8, 4) is 0 Å². The first-order chi connectivity index (χ1) is 12.6. The predicted molar refractivity (Wildman–Crippen MR) is 96.6 cm³/mol. The lowest BCUT2D eigenvalue weighted by Gasteiger charge is -2.24. The van der Waals surface area contributed by atoms with E-state index in [0.29, 0.717) is 5.69 Å². The Labute approximate surface area is 155 Å². The minimum atomic E-state index is -4.46. The first-order valence-electron chi connectivity index (χ1n) is 8.52. The van der Waals surface area contributed by atoms with Crippen LogP contribution in [0.3, 0.4) is 0 Å². The molecule has 1 heterocycles. The summed E-state index contributed by atoms with van der Waals surface area (Å²) in [6, 6.07) is 9.87. The van der Waals surface area contributed by atoms with Crippen LogP contribution in [0.2, 0.25) is 0 Å². The number of anilines is 2. The molecule has 3 amide bonds. The number of imide groups is 1. The number of amides is 3. The largest absolute Gasteiger partial charge is 0.416 e. The molecule has 2 aromatic rings. The van der Waals surface area contributed by atoms with Gasteiger partial charge in [0.25, 0.3) is 5.91 Å². The van der Waals surface area contributed by atoms with Gasteiger partial charge in [-0.15, -0.1) is 0 Å². The smallest absolute Gasteiger partial charge is 0.281 e. The molecule has 4 nitrogen and oxygen atoms in total. The zero-order chi connectivity index (χ0) is 19.9. The van der Waals surface area contributed by atoms with Crippen molar-refractivity contribution in [3.63, 3.8) is 0 Å². The number of carbonyl (C=O) groups is 2. The van der Waals surface area contributed by atoms with Crippen LogP contribution in [0, 0.1) is 12.8 Å². The predicted octanol–water partition coefficient (Wildman–Crippen LogP) is 5.01. The molecule has 0 N–H and O–H groups in total. The number of hydrogen-bond donors (Lipinski definition) is 0. The standard InChI is InChI=1S/C20H19F3N2O2/c1-12(2)17-18(26)25(16-8-4-13(3)5-9-16)19(27)24(17)15-10-6-14(7-11-15)20(21,22)23/h4-12,17H,1-3H3. The van der Waals surface area contributed by atoms with Crippen LogP contribution in [0.5, 0.6) is 0 Å². The van der Waals surface area contributed by atoms with Crippen molar-refractivity contribution in [2.75, 3.05) is 9.80 Å². The van der Waals surface area contributed by atoms with Gasteiger partial charge in [0.1, 0.15) is 6.04 Å². The summed E-state index contributed by atoms with van der Waals surface area (Å²) in [6.07, 6.45) is -4.46. The molecule has 1 aliphatic heterocycles. The van der Waals surface area contributed by atoms with E-state index in [0.717, 1.165) is 22.6 Å².